The molecule has 2 rings (SSSR count). The van der Waals surface area contributed by atoms with E-state index >= 15 is 0 Å². The SMILES string of the molecule is O=[N+]([O-])c1cccc(COOCc2ccccc2[N+](=O)[O-])c1. The topological polar surface area (TPSA) is 105 Å². The van der Waals surface area contributed by atoms with E-state index < -0.39 is 9.85 Å². The van der Waals surface area contributed by atoms with Gasteiger partial charge in [0.1, 0.15) is 13.2 Å². The van der Waals surface area contributed by atoms with Gasteiger partial charge in [0.2, 0.25) is 0 Å². The molecule has 114 valence electrons. The fraction of sp³-hybridized carbons (Fsp3) is 0.143. The van der Waals surface area contributed by atoms with Crippen molar-refractivity contribution in [1.29, 1.82) is 0 Å². The van der Waals surface area contributed by atoms with E-state index in [4.69, 9.17) is 9.78 Å². The summed E-state index contributed by atoms with van der Waals surface area (Å²) in [7, 11) is 0. The molecule has 0 spiro atoms. The Kier molecular flexibility index (Phi) is 5.12. The van der Waals surface area contributed by atoms with E-state index in [2.05, 4.69) is 0 Å². The van der Waals surface area contributed by atoms with Gasteiger partial charge in [0.15, 0.2) is 0 Å². The molecule has 0 saturated heterocycles. The van der Waals surface area contributed by atoms with E-state index in [0.29, 0.717) is 11.1 Å². The molecule has 0 bridgehead atoms. The third kappa shape index (κ3) is 4.08. The lowest BCUT2D eigenvalue weighted by Crippen LogP contribution is -2.00. The number of nitrogens with zero attached hydrogens (tertiary/aromatic N) is 2. The third-order valence-electron chi connectivity index (χ3n) is 2.83. The summed E-state index contributed by atoms with van der Waals surface area (Å²) in [6.45, 7) is -0.0889. The Morgan fingerprint density at radius 1 is 0.864 bits per heavy atom. The van der Waals surface area contributed by atoms with Crippen LogP contribution in [0.2, 0.25) is 0 Å². The summed E-state index contributed by atoms with van der Waals surface area (Å²) in [5.74, 6) is 0. The van der Waals surface area contributed by atoms with Crippen LogP contribution in [-0.2, 0) is 23.0 Å². The molecule has 8 nitrogen and oxygen atoms in total. The minimum Gasteiger partial charge on any atom is -0.258 e. The van der Waals surface area contributed by atoms with Gasteiger partial charge in [-0.1, -0.05) is 24.3 Å². The normalized spacial score (nSPS) is 10.4. The first kappa shape index (κ1) is 15.5. The number of nitro benzene ring substituents is 2. The summed E-state index contributed by atoms with van der Waals surface area (Å²) in [5.41, 5.74) is 0.851. The molecule has 22 heavy (non-hydrogen) atoms. The summed E-state index contributed by atoms with van der Waals surface area (Å²) in [6, 6.07) is 12.1. The predicted molar refractivity (Wildman–Crippen MR) is 75.8 cm³/mol. The second kappa shape index (κ2) is 7.25. The third-order valence-corrected chi connectivity index (χ3v) is 2.83. The minimum atomic E-state index is -0.502. The van der Waals surface area contributed by atoms with Crippen molar-refractivity contribution in [3.63, 3.8) is 0 Å². The van der Waals surface area contributed by atoms with E-state index in [1.165, 1.54) is 18.2 Å². The van der Waals surface area contributed by atoms with Crippen LogP contribution in [0.1, 0.15) is 11.1 Å². The van der Waals surface area contributed by atoms with Crippen LogP contribution in [-0.4, -0.2) is 9.85 Å². The summed E-state index contributed by atoms with van der Waals surface area (Å²) < 4.78 is 0. The lowest BCUT2D eigenvalue weighted by molar-refractivity contribution is -0.387. The molecule has 0 amide bonds. The van der Waals surface area contributed by atoms with E-state index in [9.17, 15) is 20.2 Å². The average Bonchev–Trinajstić information content (AvgIpc) is 2.52. The van der Waals surface area contributed by atoms with Gasteiger partial charge in [-0.05, 0) is 11.6 Å². The van der Waals surface area contributed by atoms with Gasteiger partial charge in [0, 0.05) is 18.2 Å². The highest BCUT2D eigenvalue weighted by Crippen LogP contribution is 2.19. The first-order chi connectivity index (χ1) is 10.6. The second-order valence-corrected chi connectivity index (χ2v) is 4.34. The summed E-state index contributed by atoms with van der Waals surface area (Å²) in [4.78, 5) is 30.3. The molecule has 0 N–H and O–H groups in total. The molecule has 0 aromatic heterocycles. The number of nitro groups is 2. The van der Waals surface area contributed by atoms with Crippen molar-refractivity contribution in [2.24, 2.45) is 0 Å². The van der Waals surface area contributed by atoms with Gasteiger partial charge in [0.25, 0.3) is 11.4 Å². The van der Waals surface area contributed by atoms with Gasteiger partial charge in [0.05, 0.1) is 15.4 Å². The van der Waals surface area contributed by atoms with Crippen LogP contribution in [0.4, 0.5) is 11.4 Å². The Hall–Kier alpha value is -2.84. The highest BCUT2D eigenvalue weighted by atomic mass is 17.2. The predicted octanol–water partition coefficient (Wildman–Crippen LogP) is 3.15. The molecule has 0 fully saturated rings. The summed E-state index contributed by atoms with van der Waals surface area (Å²) >= 11 is 0. The van der Waals surface area contributed by atoms with E-state index in [0.717, 1.165) is 0 Å². The van der Waals surface area contributed by atoms with Gasteiger partial charge >= 0.3 is 0 Å². The molecule has 0 aliphatic heterocycles. The second-order valence-electron chi connectivity index (χ2n) is 4.34. The Bertz CT molecular complexity index is 689. The van der Waals surface area contributed by atoms with Crippen LogP contribution in [0.15, 0.2) is 48.5 Å². The zero-order valence-electron chi connectivity index (χ0n) is 11.4. The maximum atomic E-state index is 10.8. The standard InChI is InChI=1S/C14H12N2O6/c17-15(18)13-6-3-4-11(8-13)9-21-22-10-12-5-1-2-7-14(12)16(19)20/h1-8H,9-10H2. The lowest BCUT2D eigenvalue weighted by atomic mass is 10.2. The zero-order chi connectivity index (χ0) is 15.9. The first-order valence-corrected chi connectivity index (χ1v) is 6.28. The number of rotatable bonds is 7. The number of non-ortho nitro benzene ring substituents is 1. The van der Waals surface area contributed by atoms with Crippen LogP contribution >= 0.6 is 0 Å². The summed E-state index contributed by atoms with van der Waals surface area (Å²) in [6.07, 6.45) is 0. The van der Waals surface area contributed by atoms with Gasteiger partial charge in [-0.2, -0.15) is 0 Å². The van der Waals surface area contributed by atoms with Gasteiger partial charge in [-0.25, -0.2) is 9.78 Å². The molecule has 0 atom stereocenters. The lowest BCUT2D eigenvalue weighted by Gasteiger charge is -2.05. The molecule has 0 unspecified atom stereocenters. The molecule has 0 aliphatic rings. The smallest absolute Gasteiger partial charge is 0.258 e. The van der Waals surface area contributed by atoms with Crippen molar-refractivity contribution in [2.75, 3.05) is 0 Å². The number of hydrogen-bond acceptors (Lipinski definition) is 6. The molecular formula is C14H12N2O6. The van der Waals surface area contributed by atoms with Crippen molar-refractivity contribution in [2.45, 2.75) is 13.2 Å². The monoisotopic (exact) mass is 304 g/mol. The molecule has 2 aromatic rings. The largest absolute Gasteiger partial charge is 0.275 e. The van der Waals surface area contributed by atoms with E-state index in [-0.39, 0.29) is 24.6 Å². The van der Waals surface area contributed by atoms with Gasteiger partial charge in [-0.3, -0.25) is 20.2 Å². The fourth-order valence-electron chi connectivity index (χ4n) is 1.79. The molecule has 0 saturated carbocycles. The number of para-hydroxylation sites is 1. The van der Waals surface area contributed by atoms with Crippen LogP contribution in [0, 0.1) is 20.2 Å². The van der Waals surface area contributed by atoms with Crippen LogP contribution < -0.4 is 0 Å². The van der Waals surface area contributed by atoms with Crippen molar-refractivity contribution >= 4 is 11.4 Å². The Labute approximate surface area is 125 Å². The molecule has 8 heteroatoms. The molecule has 2 aromatic carbocycles. The van der Waals surface area contributed by atoms with Crippen molar-refractivity contribution in [1.82, 2.24) is 0 Å². The zero-order valence-corrected chi connectivity index (χ0v) is 11.4. The first-order valence-electron chi connectivity index (χ1n) is 6.28. The van der Waals surface area contributed by atoms with E-state index in [1.54, 1.807) is 30.3 Å². The van der Waals surface area contributed by atoms with Gasteiger partial charge in [-0.15, -0.1) is 0 Å². The molecule has 0 heterocycles. The Morgan fingerprint density at radius 2 is 1.59 bits per heavy atom. The molecular weight excluding hydrogens is 292 g/mol. The Morgan fingerprint density at radius 3 is 2.32 bits per heavy atom. The fourth-order valence-corrected chi connectivity index (χ4v) is 1.79. The number of hydrogen-bond donors (Lipinski definition) is 0. The van der Waals surface area contributed by atoms with Crippen LogP contribution in [0.25, 0.3) is 0 Å². The summed E-state index contributed by atoms with van der Waals surface area (Å²) in [5, 5.41) is 21.5. The minimum absolute atomic E-state index is 0.00229. The van der Waals surface area contributed by atoms with Crippen LogP contribution in [0.5, 0.6) is 0 Å². The van der Waals surface area contributed by atoms with Crippen molar-refractivity contribution < 1.29 is 19.6 Å². The van der Waals surface area contributed by atoms with Gasteiger partial charge < -0.3 is 0 Å². The Balaban J connectivity index is 1.89. The number of benzene rings is 2. The maximum Gasteiger partial charge on any atom is 0.275 e. The molecule has 0 radical (unpaired) electrons. The molecule has 0 aliphatic carbocycles. The quantitative estimate of drug-likeness (QED) is 0.337. The van der Waals surface area contributed by atoms with E-state index in [1.807, 2.05) is 0 Å². The highest BCUT2D eigenvalue weighted by molar-refractivity contribution is 5.39. The average molecular weight is 304 g/mol. The highest BCUT2D eigenvalue weighted by Gasteiger charge is 2.12. The van der Waals surface area contributed by atoms with Crippen molar-refractivity contribution in [3.05, 3.63) is 79.9 Å². The van der Waals surface area contributed by atoms with Crippen LogP contribution in [0.3, 0.4) is 0 Å². The van der Waals surface area contributed by atoms with Crippen molar-refractivity contribution in [3.8, 4) is 0 Å². The maximum absolute atomic E-state index is 10.8.